The van der Waals surface area contributed by atoms with Gasteiger partial charge in [-0.2, -0.15) is 0 Å². The van der Waals surface area contributed by atoms with Crippen molar-refractivity contribution < 1.29 is 23.9 Å². The Balaban J connectivity index is 1.90. The van der Waals surface area contributed by atoms with Crippen molar-refractivity contribution in [1.82, 2.24) is 0 Å². The summed E-state index contributed by atoms with van der Waals surface area (Å²) < 4.78 is 10.9. The zero-order valence-corrected chi connectivity index (χ0v) is 14.1. The van der Waals surface area contributed by atoms with Gasteiger partial charge in [-0.3, -0.25) is 9.59 Å². The van der Waals surface area contributed by atoms with E-state index in [-0.39, 0.29) is 24.6 Å². The summed E-state index contributed by atoms with van der Waals surface area (Å²) in [5.74, 6) is -1.12. The molecule has 0 atom stereocenters. The van der Waals surface area contributed by atoms with Gasteiger partial charge in [0.1, 0.15) is 5.75 Å². The molecule has 0 saturated heterocycles. The van der Waals surface area contributed by atoms with Crippen molar-refractivity contribution in [3.8, 4) is 5.75 Å². The topological polar surface area (TPSA) is 95.7 Å². The van der Waals surface area contributed by atoms with E-state index >= 15 is 0 Å². The van der Waals surface area contributed by atoms with Gasteiger partial charge in [0.2, 0.25) is 0 Å². The quantitative estimate of drug-likeness (QED) is 0.577. The molecule has 124 valence electrons. The van der Waals surface area contributed by atoms with Crippen LogP contribution in [0.5, 0.6) is 5.75 Å². The lowest BCUT2D eigenvalue weighted by Crippen LogP contribution is -2.20. The van der Waals surface area contributed by atoms with Crippen molar-refractivity contribution >= 4 is 33.6 Å². The van der Waals surface area contributed by atoms with Crippen LogP contribution in [0.1, 0.15) is 20.7 Å². The Kier molecular flexibility index (Phi) is 6.08. The molecule has 1 amide bonds. The molecule has 2 rings (SSSR count). The molecule has 0 aliphatic rings. The standard InChI is InChI=1S/C17H14BrNO5/c18-13-3-1-2-12(8-13)15(20)9-24-17(22)11-4-6-14(7-5-11)23-10-16(19)21/h1-8H,9-10H2,(H2,19,21). The summed E-state index contributed by atoms with van der Waals surface area (Å²) in [4.78, 5) is 34.5. The van der Waals surface area contributed by atoms with Crippen LogP contribution in [0, 0.1) is 0 Å². The van der Waals surface area contributed by atoms with Gasteiger partial charge < -0.3 is 15.2 Å². The number of Topliss-reactive ketones (excluding diaryl/α,β-unsaturated/α-hetero) is 1. The summed E-state index contributed by atoms with van der Waals surface area (Å²) in [6, 6.07) is 12.8. The summed E-state index contributed by atoms with van der Waals surface area (Å²) in [6.07, 6.45) is 0. The fourth-order valence-electron chi connectivity index (χ4n) is 1.80. The average molecular weight is 392 g/mol. The predicted octanol–water partition coefficient (Wildman–Crippen LogP) is 2.35. The Morgan fingerprint density at radius 1 is 0.958 bits per heavy atom. The molecule has 2 N–H and O–H groups in total. The molecule has 0 heterocycles. The highest BCUT2D eigenvalue weighted by molar-refractivity contribution is 9.10. The number of primary amides is 1. The normalized spacial score (nSPS) is 10.0. The van der Waals surface area contributed by atoms with Crippen molar-refractivity contribution in [2.75, 3.05) is 13.2 Å². The second-order valence-corrected chi connectivity index (χ2v) is 5.70. The molecule has 24 heavy (non-hydrogen) atoms. The van der Waals surface area contributed by atoms with E-state index in [2.05, 4.69) is 15.9 Å². The molecule has 0 saturated carbocycles. The minimum Gasteiger partial charge on any atom is -0.484 e. The molecule has 0 aliphatic heterocycles. The fourth-order valence-corrected chi connectivity index (χ4v) is 2.20. The average Bonchev–Trinajstić information content (AvgIpc) is 2.58. The lowest BCUT2D eigenvalue weighted by molar-refractivity contribution is -0.119. The van der Waals surface area contributed by atoms with Crippen LogP contribution in [0.2, 0.25) is 0 Å². The summed E-state index contributed by atoms with van der Waals surface area (Å²) >= 11 is 3.27. The number of esters is 1. The molecule has 0 fully saturated rings. The number of hydrogen-bond acceptors (Lipinski definition) is 5. The highest BCUT2D eigenvalue weighted by Crippen LogP contribution is 2.14. The maximum Gasteiger partial charge on any atom is 0.338 e. The molecule has 0 aromatic heterocycles. The van der Waals surface area contributed by atoms with E-state index < -0.39 is 11.9 Å². The third-order valence-electron chi connectivity index (χ3n) is 2.95. The van der Waals surface area contributed by atoms with Gasteiger partial charge in [-0.1, -0.05) is 28.1 Å². The van der Waals surface area contributed by atoms with Gasteiger partial charge in [0, 0.05) is 10.0 Å². The highest BCUT2D eigenvalue weighted by atomic mass is 79.9. The first-order chi connectivity index (χ1) is 11.5. The lowest BCUT2D eigenvalue weighted by Gasteiger charge is -2.06. The Hall–Kier alpha value is -2.67. The number of ketones is 1. The number of carbonyl (C=O) groups is 3. The number of benzene rings is 2. The molecule has 0 radical (unpaired) electrons. The first kappa shape index (κ1) is 17.7. The molecule has 0 bridgehead atoms. The monoisotopic (exact) mass is 391 g/mol. The summed E-state index contributed by atoms with van der Waals surface area (Å²) in [7, 11) is 0. The van der Waals surface area contributed by atoms with E-state index in [9.17, 15) is 14.4 Å². The predicted molar refractivity (Wildman–Crippen MR) is 89.9 cm³/mol. The van der Waals surface area contributed by atoms with Crippen molar-refractivity contribution in [2.24, 2.45) is 5.73 Å². The summed E-state index contributed by atoms with van der Waals surface area (Å²) in [5.41, 5.74) is 5.69. The largest absolute Gasteiger partial charge is 0.484 e. The molecule has 2 aromatic rings. The number of nitrogens with two attached hydrogens (primary N) is 1. The highest BCUT2D eigenvalue weighted by Gasteiger charge is 2.12. The first-order valence-corrected chi connectivity index (χ1v) is 7.72. The number of carbonyl (C=O) groups excluding carboxylic acids is 3. The van der Waals surface area contributed by atoms with Crippen molar-refractivity contribution in [1.29, 1.82) is 0 Å². The molecule has 7 heteroatoms. The van der Waals surface area contributed by atoms with Gasteiger partial charge in [-0.15, -0.1) is 0 Å². The third kappa shape index (κ3) is 5.20. The van der Waals surface area contributed by atoms with Gasteiger partial charge in [0.25, 0.3) is 5.91 Å². The smallest absolute Gasteiger partial charge is 0.338 e. The van der Waals surface area contributed by atoms with E-state index in [1.807, 2.05) is 0 Å². The third-order valence-corrected chi connectivity index (χ3v) is 3.45. The fraction of sp³-hybridized carbons (Fsp3) is 0.118. The van der Waals surface area contributed by atoms with Crippen LogP contribution < -0.4 is 10.5 Å². The van der Waals surface area contributed by atoms with Gasteiger partial charge in [0.05, 0.1) is 5.56 Å². The molecule has 6 nitrogen and oxygen atoms in total. The number of rotatable bonds is 7. The Morgan fingerprint density at radius 3 is 2.29 bits per heavy atom. The van der Waals surface area contributed by atoms with Crippen LogP contribution in [-0.2, 0) is 9.53 Å². The maximum atomic E-state index is 12.0. The second kappa shape index (κ2) is 8.26. The minimum atomic E-state index is -0.625. The van der Waals surface area contributed by atoms with E-state index in [0.29, 0.717) is 11.3 Å². The van der Waals surface area contributed by atoms with Gasteiger partial charge in [-0.25, -0.2) is 4.79 Å². The Morgan fingerprint density at radius 2 is 1.67 bits per heavy atom. The summed E-state index contributed by atoms with van der Waals surface area (Å²) in [6.45, 7) is -0.597. The van der Waals surface area contributed by atoms with Crippen molar-refractivity contribution in [3.63, 3.8) is 0 Å². The van der Waals surface area contributed by atoms with E-state index in [1.165, 1.54) is 24.3 Å². The SMILES string of the molecule is NC(=O)COc1ccc(C(=O)OCC(=O)c2cccc(Br)c2)cc1. The molecule has 0 aliphatic carbocycles. The van der Waals surface area contributed by atoms with Crippen molar-refractivity contribution in [3.05, 3.63) is 64.1 Å². The van der Waals surface area contributed by atoms with Gasteiger partial charge >= 0.3 is 5.97 Å². The zero-order chi connectivity index (χ0) is 17.5. The number of amides is 1. The lowest BCUT2D eigenvalue weighted by atomic mass is 10.1. The second-order valence-electron chi connectivity index (χ2n) is 4.79. The number of halogens is 1. The Bertz CT molecular complexity index is 758. The van der Waals surface area contributed by atoms with E-state index in [1.54, 1.807) is 24.3 Å². The maximum absolute atomic E-state index is 12.0. The van der Waals surface area contributed by atoms with Gasteiger partial charge in [0.15, 0.2) is 19.0 Å². The molecular weight excluding hydrogens is 378 g/mol. The minimum absolute atomic E-state index is 0.245. The Labute approximate surface area is 146 Å². The van der Waals surface area contributed by atoms with Crippen LogP contribution in [0.4, 0.5) is 0 Å². The van der Waals surface area contributed by atoms with Crippen LogP contribution in [0.25, 0.3) is 0 Å². The number of ether oxygens (including phenoxy) is 2. The van der Waals surface area contributed by atoms with Crippen LogP contribution in [-0.4, -0.2) is 30.9 Å². The van der Waals surface area contributed by atoms with Crippen LogP contribution in [0.15, 0.2) is 53.0 Å². The van der Waals surface area contributed by atoms with E-state index in [4.69, 9.17) is 15.2 Å². The molecular formula is C17H14BrNO5. The van der Waals surface area contributed by atoms with Crippen LogP contribution >= 0.6 is 15.9 Å². The van der Waals surface area contributed by atoms with Crippen LogP contribution in [0.3, 0.4) is 0 Å². The molecule has 2 aromatic carbocycles. The zero-order valence-electron chi connectivity index (χ0n) is 12.5. The summed E-state index contributed by atoms with van der Waals surface area (Å²) in [5, 5.41) is 0. The molecule has 0 spiro atoms. The molecule has 0 unspecified atom stereocenters. The van der Waals surface area contributed by atoms with Gasteiger partial charge in [-0.05, 0) is 36.4 Å². The van der Waals surface area contributed by atoms with E-state index in [0.717, 1.165) is 4.47 Å². The van der Waals surface area contributed by atoms with Crippen molar-refractivity contribution in [2.45, 2.75) is 0 Å². The first-order valence-electron chi connectivity index (χ1n) is 6.93. The number of hydrogen-bond donors (Lipinski definition) is 1.